The fourth-order valence-electron chi connectivity index (χ4n) is 3.34. The number of ether oxygens (including phenoxy) is 1. The lowest BCUT2D eigenvalue weighted by Gasteiger charge is -2.34. The van der Waals surface area contributed by atoms with Gasteiger partial charge < -0.3 is 15.0 Å². The van der Waals surface area contributed by atoms with Gasteiger partial charge in [-0.2, -0.15) is 0 Å². The maximum Gasteiger partial charge on any atom is 0.260 e. The van der Waals surface area contributed by atoms with Crippen molar-refractivity contribution in [2.45, 2.75) is 13.8 Å². The van der Waals surface area contributed by atoms with E-state index in [4.69, 9.17) is 4.74 Å². The number of piperazine rings is 1. The molecule has 0 atom stereocenters. The molecule has 0 aliphatic carbocycles. The van der Waals surface area contributed by atoms with Crippen LogP contribution in [0, 0.1) is 19.7 Å². The molecule has 29 heavy (non-hydrogen) atoms. The van der Waals surface area contributed by atoms with Crippen LogP contribution in [-0.4, -0.2) is 60.9 Å². The highest BCUT2D eigenvalue weighted by molar-refractivity contribution is 5.93. The van der Waals surface area contributed by atoms with Gasteiger partial charge in [-0.1, -0.05) is 24.3 Å². The molecule has 1 heterocycles. The van der Waals surface area contributed by atoms with Gasteiger partial charge in [0.1, 0.15) is 11.6 Å². The number of hydrogen-bond donors (Lipinski definition) is 1. The van der Waals surface area contributed by atoms with E-state index < -0.39 is 5.82 Å². The predicted octanol–water partition coefficient (Wildman–Crippen LogP) is 2.60. The maximum atomic E-state index is 13.2. The third-order valence-corrected chi connectivity index (χ3v) is 5.00. The summed E-state index contributed by atoms with van der Waals surface area (Å²) in [5.74, 6) is -0.270. The van der Waals surface area contributed by atoms with Gasteiger partial charge in [-0.3, -0.25) is 14.5 Å². The van der Waals surface area contributed by atoms with Gasteiger partial charge in [-0.15, -0.1) is 0 Å². The molecular weight excluding hydrogens is 373 g/mol. The standard InChI is InChI=1S/C22H26FN3O3/c1-16-5-3-6-17(2)22(16)24-20(27)14-25-9-11-26(12-10-25)21(28)15-29-19-8-4-7-18(23)13-19/h3-8,13H,9-12,14-15H2,1-2H3,(H,24,27). The third-order valence-electron chi connectivity index (χ3n) is 5.00. The van der Waals surface area contributed by atoms with Gasteiger partial charge in [-0.05, 0) is 37.1 Å². The summed E-state index contributed by atoms with van der Waals surface area (Å²) in [6, 6.07) is 11.6. The normalized spacial score (nSPS) is 14.5. The number of aryl methyl sites for hydroxylation is 2. The predicted molar refractivity (Wildman–Crippen MR) is 109 cm³/mol. The quantitative estimate of drug-likeness (QED) is 0.811. The number of carbonyl (C=O) groups is 2. The second-order valence-corrected chi connectivity index (χ2v) is 7.22. The van der Waals surface area contributed by atoms with Crippen molar-refractivity contribution in [3.8, 4) is 5.75 Å². The Hall–Kier alpha value is -2.93. The molecule has 2 aromatic rings. The van der Waals surface area contributed by atoms with E-state index in [1.165, 1.54) is 18.2 Å². The van der Waals surface area contributed by atoms with Crippen molar-refractivity contribution in [1.82, 2.24) is 9.80 Å². The lowest BCUT2D eigenvalue weighted by molar-refractivity contribution is -0.135. The number of anilines is 1. The second-order valence-electron chi connectivity index (χ2n) is 7.22. The Morgan fingerprint density at radius 3 is 2.34 bits per heavy atom. The molecule has 2 aromatic carbocycles. The van der Waals surface area contributed by atoms with Crippen LogP contribution in [-0.2, 0) is 9.59 Å². The number of carbonyl (C=O) groups excluding carboxylic acids is 2. The lowest BCUT2D eigenvalue weighted by Crippen LogP contribution is -2.51. The summed E-state index contributed by atoms with van der Waals surface area (Å²) in [5.41, 5.74) is 2.93. The molecule has 154 valence electrons. The van der Waals surface area contributed by atoms with Crippen molar-refractivity contribution < 1.29 is 18.7 Å². The first-order valence-electron chi connectivity index (χ1n) is 9.67. The summed E-state index contributed by atoms with van der Waals surface area (Å²) < 4.78 is 18.5. The minimum atomic E-state index is -0.400. The number of para-hydroxylation sites is 1. The van der Waals surface area contributed by atoms with E-state index in [0.717, 1.165) is 16.8 Å². The Kier molecular flexibility index (Phi) is 6.82. The van der Waals surface area contributed by atoms with Crippen LogP contribution in [0.1, 0.15) is 11.1 Å². The molecule has 7 heteroatoms. The molecular formula is C22H26FN3O3. The molecule has 1 N–H and O–H groups in total. The number of rotatable bonds is 6. The van der Waals surface area contributed by atoms with Crippen LogP contribution in [0.3, 0.4) is 0 Å². The maximum absolute atomic E-state index is 13.2. The summed E-state index contributed by atoms with van der Waals surface area (Å²) in [4.78, 5) is 28.4. The van der Waals surface area contributed by atoms with Crippen LogP contribution < -0.4 is 10.1 Å². The smallest absolute Gasteiger partial charge is 0.260 e. The molecule has 1 aliphatic rings. The minimum Gasteiger partial charge on any atom is -0.484 e. The molecule has 0 aromatic heterocycles. The highest BCUT2D eigenvalue weighted by Gasteiger charge is 2.23. The van der Waals surface area contributed by atoms with Crippen LogP contribution in [0.4, 0.5) is 10.1 Å². The van der Waals surface area contributed by atoms with Crippen molar-refractivity contribution in [1.29, 1.82) is 0 Å². The second kappa shape index (κ2) is 9.52. The Labute approximate surface area is 170 Å². The molecule has 0 spiro atoms. The van der Waals surface area contributed by atoms with Gasteiger partial charge in [0.15, 0.2) is 6.61 Å². The van der Waals surface area contributed by atoms with Crippen LogP contribution in [0.2, 0.25) is 0 Å². The number of hydrogen-bond acceptors (Lipinski definition) is 4. The van der Waals surface area contributed by atoms with E-state index in [1.807, 2.05) is 36.9 Å². The largest absolute Gasteiger partial charge is 0.484 e. The molecule has 0 bridgehead atoms. The lowest BCUT2D eigenvalue weighted by atomic mass is 10.1. The summed E-state index contributed by atoms with van der Waals surface area (Å²) in [6.07, 6.45) is 0. The molecule has 6 nitrogen and oxygen atoms in total. The molecule has 1 fully saturated rings. The van der Waals surface area contributed by atoms with Gasteiger partial charge in [0.2, 0.25) is 5.91 Å². The van der Waals surface area contributed by atoms with Crippen LogP contribution in [0.25, 0.3) is 0 Å². The van der Waals surface area contributed by atoms with E-state index in [0.29, 0.717) is 31.9 Å². The fraction of sp³-hybridized carbons (Fsp3) is 0.364. The molecule has 0 unspecified atom stereocenters. The van der Waals surface area contributed by atoms with E-state index in [-0.39, 0.29) is 25.0 Å². The number of benzene rings is 2. The third kappa shape index (κ3) is 5.77. The fourth-order valence-corrected chi connectivity index (χ4v) is 3.34. The summed E-state index contributed by atoms with van der Waals surface area (Å²) in [6.45, 7) is 6.39. The van der Waals surface area contributed by atoms with E-state index in [1.54, 1.807) is 11.0 Å². The number of nitrogens with one attached hydrogen (secondary N) is 1. The van der Waals surface area contributed by atoms with Crippen molar-refractivity contribution >= 4 is 17.5 Å². The van der Waals surface area contributed by atoms with Crippen LogP contribution in [0.15, 0.2) is 42.5 Å². The molecule has 1 saturated heterocycles. The molecule has 3 rings (SSSR count). The van der Waals surface area contributed by atoms with Crippen molar-refractivity contribution in [2.75, 3.05) is 44.6 Å². The summed E-state index contributed by atoms with van der Waals surface area (Å²) >= 11 is 0. The van der Waals surface area contributed by atoms with E-state index in [2.05, 4.69) is 5.32 Å². The Morgan fingerprint density at radius 1 is 1.03 bits per heavy atom. The van der Waals surface area contributed by atoms with Crippen molar-refractivity contribution in [3.63, 3.8) is 0 Å². The SMILES string of the molecule is Cc1cccc(C)c1NC(=O)CN1CCN(C(=O)COc2cccc(F)c2)CC1. The monoisotopic (exact) mass is 399 g/mol. The summed E-state index contributed by atoms with van der Waals surface area (Å²) in [7, 11) is 0. The van der Waals surface area contributed by atoms with Gasteiger partial charge in [-0.25, -0.2) is 4.39 Å². The highest BCUT2D eigenvalue weighted by atomic mass is 19.1. The average molecular weight is 399 g/mol. The van der Waals surface area contributed by atoms with Crippen molar-refractivity contribution in [3.05, 3.63) is 59.4 Å². The van der Waals surface area contributed by atoms with Gasteiger partial charge in [0.25, 0.3) is 5.91 Å². The van der Waals surface area contributed by atoms with E-state index >= 15 is 0 Å². The topological polar surface area (TPSA) is 61.9 Å². The number of amides is 2. The van der Waals surface area contributed by atoms with Gasteiger partial charge in [0, 0.05) is 37.9 Å². The summed E-state index contributed by atoms with van der Waals surface area (Å²) in [5, 5.41) is 2.99. The number of nitrogens with zero attached hydrogens (tertiary/aromatic N) is 2. The first-order valence-corrected chi connectivity index (χ1v) is 9.67. The molecule has 0 saturated carbocycles. The Bertz CT molecular complexity index is 859. The van der Waals surface area contributed by atoms with Crippen LogP contribution in [0.5, 0.6) is 5.75 Å². The first kappa shape index (κ1) is 20.8. The highest BCUT2D eigenvalue weighted by Crippen LogP contribution is 2.19. The molecule has 0 radical (unpaired) electrons. The van der Waals surface area contributed by atoms with Crippen molar-refractivity contribution in [2.24, 2.45) is 0 Å². The van der Waals surface area contributed by atoms with E-state index in [9.17, 15) is 14.0 Å². The van der Waals surface area contributed by atoms with Gasteiger partial charge in [0.05, 0.1) is 6.54 Å². The van der Waals surface area contributed by atoms with Gasteiger partial charge >= 0.3 is 0 Å². The van der Waals surface area contributed by atoms with Crippen LogP contribution >= 0.6 is 0 Å². The Balaban J connectivity index is 1.42. The Morgan fingerprint density at radius 2 is 1.69 bits per heavy atom. The minimum absolute atomic E-state index is 0.0587. The zero-order valence-corrected chi connectivity index (χ0v) is 16.8. The first-order chi connectivity index (χ1) is 13.9. The number of halogens is 1. The molecule has 2 amide bonds. The average Bonchev–Trinajstić information content (AvgIpc) is 2.70. The zero-order chi connectivity index (χ0) is 20.8. The molecule has 1 aliphatic heterocycles. The zero-order valence-electron chi connectivity index (χ0n) is 16.8.